The number of furan rings is 1. The lowest BCUT2D eigenvalue weighted by atomic mass is 10.2. The highest BCUT2D eigenvalue weighted by Crippen LogP contribution is 2.24. The number of aromatic amines is 1. The number of hydrogen-bond donors (Lipinski definition) is 2. The predicted molar refractivity (Wildman–Crippen MR) is 114 cm³/mol. The van der Waals surface area contributed by atoms with Crippen molar-refractivity contribution in [3.05, 3.63) is 76.2 Å². The average molecular weight is 437 g/mol. The van der Waals surface area contributed by atoms with E-state index >= 15 is 0 Å². The van der Waals surface area contributed by atoms with Crippen LogP contribution in [0.25, 0.3) is 17.4 Å². The van der Waals surface area contributed by atoms with E-state index in [4.69, 9.17) is 9.15 Å². The van der Waals surface area contributed by atoms with Gasteiger partial charge in [0.2, 0.25) is 5.95 Å². The van der Waals surface area contributed by atoms with Crippen LogP contribution in [0.4, 0.5) is 10.2 Å². The molecular weight excluding hydrogens is 417 g/mol. The third-order valence-electron chi connectivity index (χ3n) is 4.71. The minimum absolute atomic E-state index is 0.0378. The molecule has 3 heterocycles. The van der Waals surface area contributed by atoms with E-state index in [0.29, 0.717) is 29.1 Å². The number of aromatic nitrogens is 4. The van der Waals surface area contributed by atoms with Crippen molar-refractivity contribution in [2.24, 2.45) is 0 Å². The van der Waals surface area contributed by atoms with E-state index in [9.17, 15) is 14.0 Å². The summed E-state index contributed by atoms with van der Waals surface area (Å²) in [5, 5.41) is 7.08. The summed E-state index contributed by atoms with van der Waals surface area (Å²) in [7, 11) is 0. The van der Waals surface area contributed by atoms with E-state index in [1.807, 2.05) is 6.92 Å². The van der Waals surface area contributed by atoms with Crippen LogP contribution in [-0.2, 0) is 11.2 Å². The Morgan fingerprint density at radius 2 is 2.09 bits per heavy atom. The van der Waals surface area contributed by atoms with Gasteiger partial charge in [0.25, 0.3) is 11.5 Å². The van der Waals surface area contributed by atoms with E-state index in [1.165, 1.54) is 29.1 Å². The maximum absolute atomic E-state index is 13.7. The van der Waals surface area contributed by atoms with Crippen LogP contribution in [-0.4, -0.2) is 32.3 Å². The Labute approximate surface area is 181 Å². The first-order chi connectivity index (χ1) is 15.5. The van der Waals surface area contributed by atoms with E-state index in [1.54, 1.807) is 31.2 Å². The molecule has 10 heteroatoms. The Balaban J connectivity index is 1.64. The number of aryl methyl sites for hydroxylation is 1. The van der Waals surface area contributed by atoms with Gasteiger partial charge in [0.15, 0.2) is 23.9 Å². The van der Waals surface area contributed by atoms with Crippen molar-refractivity contribution in [2.45, 2.75) is 20.3 Å². The van der Waals surface area contributed by atoms with Gasteiger partial charge in [-0.1, -0.05) is 19.1 Å². The van der Waals surface area contributed by atoms with Crippen LogP contribution in [0.5, 0.6) is 5.75 Å². The third kappa shape index (κ3) is 4.29. The van der Waals surface area contributed by atoms with Crippen LogP contribution in [0.1, 0.15) is 18.2 Å². The number of para-hydroxylation sites is 1. The summed E-state index contributed by atoms with van der Waals surface area (Å²) in [6.07, 6.45) is 2.03. The first kappa shape index (κ1) is 21.0. The van der Waals surface area contributed by atoms with Crippen molar-refractivity contribution in [1.29, 1.82) is 0 Å². The number of nitrogens with one attached hydrogen (secondary N) is 2. The zero-order chi connectivity index (χ0) is 22.7. The lowest BCUT2D eigenvalue weighted by Gasteiger charge is -2.10. The molecule has 0 aliphatic carbocycles. The zero-order valence-corrected chi connectivity index (χ0v) is 17.4. The van der Waals surface area contributed by atoms with Gasteiger partial charge in [0.1, 0.15) is 11.5 Å². The molecule has 0 bridgehead atoms. The first-order valence-corrected chi connectivity index (χ1v) is 9.87. The fourth-order valence-corrected chi connectivity index (χ4v) is 3.17. The van der Waals surface area contributed by atoms with Crippen LogP contribution in [0.15, 0.2) is 57.9 Å². The maximum atomic E-state index is 13.7. The number of benzene rings is 1. The molecule has 0 saturated heterocycles. The number of halogens is 1. The Hall–Kier alpha value is -4.21. The van der Waals surface area contributed by atoms with Gasteiger partial charge < -0.3 is 14.5 Å². The molecule has 164 valence electrons. The molecule has 2 N–H and O–H groups in total. The third-order valence-corrected chi connectivity index (χ3v) is 4.71. The minimum atomic E-state index is -0.571. The highest BCUT2D eigenvalue weighted by molar-refractivity contribution is 5.91. The van der Waals surface area contributed by atoms with Crippen molar-refractivity contribution < 1.29 is 18.3 Å². The van der Waals surface area contributed by atoms with Gasteiger partial charge in [0, 0.05) is 17.3 Å². The molecule has 4 aromatic rings. The van der Waals surface area contributed by atoms with Gasteiger partial charge in [-0.2, -0.15) is 9.78 Å². The zero-order valence-electron chi connectivity index (χ0n) is 17.4. The lowest BCUT2D eigenvalue weighted by Crippen LogP contribution is -2.24. The number of H-pyrrole nitrogens is 1. The number of hydrogen-bond acceptors (Lipinski definition) is 6. The predicted octanol–water partition coefficient (Wildman–Crippen LogP) is 3.24. The molecule has 1 aromatic carbocycles. The molecule has 1 amide bonds. The highest BCUT2D eigenvalue weighted by atomic mass is 19.1. The molecule has 0 saturated carbocycles. The minimum Gasteiger partial charge on any atom is -0.481 e. The van der Waals surface area contributed by atoms with Crippen LogP contribution in [0.3, 0.4) is 0 Å². The number of rotatable bonds is 7. The second-order valence-electron chi connectivity index (χ2n) is 6.88. The van der Waals surface area contributed by atoms with Gasteiger partial charge in [0.05, 0.1) is 6.26 Å². The first-order valence-electron chi connectivity index (χ1n) is 9.87. The van der Waals surface area contributed by atoms with Crippen molar-refractivity contribution in [3.8, 4) is 23.2 Å². The topological polar surface area (TPSA) is 115 Å². The van der Waals surface area contributed by atoms with Crippen molar-refractivity contribution in [1.82, 2.24) is 19.7 Å². The fourth-order valence-electron chi connectivity index (χ4n) is 3.17. The van der Waals surface area contributed by atoms with Crippen LogP contribution >= 0.6 is 0 Å². The van der Waals surface area contributed by atoms with E-state index in [0.717, 1.165) is 0 Å². The standard InChI is InChI=1S/C22H20FN5O4/c1-3-14-13(2)24-22(26-21(14)30)28-19(11-16(27-28)18-9-6-10-31-18)25-20(29)12-32-17-8-5-4-7-15(17)23/h4-11H,3,12H2,1-2H3,(H,25,29)(H,24,26,30). The molecule has 9 nitrogen and oxygen atoms in total. The molecule has 0 aliphatic rings. The summed E-state index contributed by atoms with van der Waals surface area (Å²) in [6, 6.07) is 10.8. The molecule has 0 radical (unpaired) electrons. The van der Waals surface area contributed by atoms with E-state index in [2.05, 4.69) is 20.4 Å². The SMILES string of the molecule is CCc1c(C)nc(-n2nc(-c3ccco3)cc2NC(=O)COc2ccccc2F)[nH]c1=O. The van der Waals surface area contributed by atoms with Crippen LogP contribution < -0.4 is 15.6 Å². The summed E-state index contributed by atoms with van der Waals surface area (Å²) in [5.74, 6) is -0.336. The Bertz CT molecular complexity index is 1310. The van der Waals surface area contributed by atoms with Gasteiger partial charge in [-0.3, -0.25) is 14.6 Å². The molecule has 0 fully saturated rings. The number of amides is 1. The summed E-state index contributed by atoms with van der Waals surface area (Å²) < 4.78 is 25.7. The second kappa shape index (κ2) is 8.88. The van der Waals surface area contributed by atoms with Crippen molar-refractivity contribution >= 4 is 11.7 Å². The number of carbonyl (C=O) groups is 1. The number of ether oxygens (including phenoxy) is 1. The van der Waals surface area contributed by atoms with Gasteiger partial charge >= 0.3 is 0 Å². The largest absolute Gasteiger partial charge is 0.481 e. The van der Waals surface area contributed by atoms with E-state index in [-0.39, 0.29) is 23.1 Å². The van der Waals surface area contributed by atoms with Crippen molar-refractivity contribution in [3.63, 3.8) is 0 Å². The molecule has 0 spiro atoms. The quantitative estimate of drug-likeness (QED) is 0.459. The molecule has 32 heavy (non-hydrogen) atoms. The Morgan fingerprint density at radius 1 is 1.28 bits per heavy atom. The molecule has 0 unspecified atom stereocenters. The van der Waals surface area contributed by atoms with E-state index < -0.39 is 18.3 Å². The molecule has 3 aromatic heterocycles. The highest BCUT2D eigenvalue weighted by Gasteiger charge is 2.18. The summed E-state index contributed by atoms with van der Waals surface area (Å²) in [4.78, 5) is 32.0. The smallest absolute Gasteiger partial charge is 0.263 e. The molecular formula is C22H20FN5O4. The Morgan fingerprint density at radius 3 is 2.78 bits per heavy atom. The summed E-state index contributed by atoms with van der Waals surface area (Å²) in [6.45, 7) is 3.16. The Kier molecular flexibility index (Phi) is 5.84. The summed E-state index contributed by atoms with van der Waals surface area (Å²) >= 11 is 0. The maximum Gasteiger partial charge on any atom is 0.263 e. The van der Waals surface area contributed by atoms with Gasteiger partial charge in [-0.25, -0.2) is 9.37 Å². The second-order valence-corrected chi connectivity index (χ2v) is 6.88. The van der Waals surface area contributed by atoms with Gasteiger partial charge in [-0.05, 0) is 37.6 Å². The summed E-state index contributed by atoms with van der Waals surface area (Å²) in [5.41, 5.74) is 1.25. The molecule has 0 atom stereocenters. The number of anilines is 1. The average Bonchev–Trinajstić information content (AvgIpc) is 3.43. The lowest BCUT2D eigenvalue weighted by molar-refractivity contribution is -0.118. The van der Waals surface area contributed by atoms with Gasteiger partial charge in [-0.15, -0.1) is 0 Å². The number of nitrogens with zero attached hydrogens (tertiary/aromatic N) is 3. The van der Waals surface area contributed by atoms with Crippen LogP contribution in [0, 0.1) is 12.7 Å². The van der Waals surface area contributed by atoms with Crippen LogP contribution in [0.2, 0.25) is 0 Å². The molecule has 0 aliphatic heterocycles. The molecule has 4 rings (SSSR count). The monoisotopic (exact) mass is 437 g/mol. The van der Waals surface area contributed by atoms with Crippen molar-refractivity contribution in [2.75, 3.05) is 11.9 Å². The number of carbonyl (C=O) groups excluding carboxylic acids is 1. The fraction of sp³-hybridized carbons (Fsp3) is 0.182. The normalized spacial score (nSPS) is 10.8.